The lowest BCUT2D eigenvalue weighted by Crippen LogP contribution is -2.44. The summed E-state index contributed by atoms with van der Waals surface area (Å²) in [5.41, 5.74) is 1.74. The lowest BCUT2D eigenvalue weighted by Gasteiger charge is -2.41. The molecule has 3 heteroatoms. The molecule has 0 amide bonds. The first-order chi connectivity index (χ1) is 9.03. The Labute approximate surface area is 124 Å². The number of fused-ring (bicyclic) bond motifs is 3. The zero-order valence-electron chi connectivity index (χ0n) is 13.7. The van der Waals surface area contributed by atoms with Gasteiger partial charge in [-0.15, -0.1) is 0 Å². The Balaban J connectivity index is 1.97. The molecular formula is C17H28O2Si. The highest BCUT2D eigenvalue weighted by Crippen LogP contribution is 2.66. The Hall–Kier alpha value is -0.413. The number of carbonyl (C=O) groups excluding carboxylic acids is 1. The van der Waals surface area contributed by atoms with Crippen molar-refractivity contribution < 1.29 is 9.22 Å². The van der Waals surface area contributed by atoms with E-state index in [0.29, 0.717) is 24.2 Å². The van der Waals surface area contributed by atoms with Gasteiger partial charge in [-0.05, 0) is 55.8 Å². The third kappa shape index (κ3) is 2.05. The molecule has 20 heavy (non-hydrogen) atoms. The summed E-state index contributed by atoms with van der Waals surface area (Å²) >= 11 is 0. The number of allylic oxidation sites excluding steroid dienone is 2. The van der Waals surface area contributed by atoms with E-state index in [2.05, 4.69) is 40.4 Å². The predicted molar refractivity (Wildman–Crippen MR) is 84.0 cm³/mol. The fourth-order valence-electron chi connectivity index (χ4n) is 5.11. The van der Waals surface area contributed by atoms with E-state index in [1.807, 2.05) is 6.08 Å². The van der Waals surface area contributed by atoms with Crippen LogP contribution in [0.15, 0.2) is 11.6 Å². The molecular weight excluding hydrogens is 264 g/mol. The molecule has 2 fully saturated rings. The summed E-state index contributed by atoms with van der Waals surface area (Å²) in [6.07, 6.45) is 5.35. The van der Waals surface area contributed by atoms with Gasteiger partial charge in [-0.3, -0.25) is 4.79 Å². The van der Waals surface area contributed by atoms with Gasteiger partial charge in [0.1, 0.15) is 0 Å². The molecule has 3 aliphatic carbocycles. The van der Waals surface area contributed by atoms with Crippen molar-refractivity contribution >= 4 is 14.1 Å². The number of rotatable bonds is 2. The van der Waals surface area contributed by atoms with Crippen molar-refractivity contribution in [2.75, 3.05) is 0 Å². The van der Waals surface area contributed by atoms with Crippen LogP contribution in [0.5, 0.6) is 0 Å². The minimum atomic E-state index is -1.57. The summed E-state index contributed by atoms with van der Waals surface area (Å²) in [6, 6.07) is 0. The van der Waals surface area contributed by atoms with Crippen LogP contribution in [0, 0.1) is 22.7 Å². The average molecular weight is 292 g/mol. The predicted octanol–water partition coefficient (Wildman–Crippen LogP) is 4.18. The minimum Gasteiger partial charge on any atom is -0.414 e. The fourth-order valence-corrected chi connectivity index (χ4v) is 6.34. The van der Waals surface area contributed by atoms with Gasteiger partial charge in [-0.1, -0.05) is 26.3 Å². The third-order valence-electron chi connectivity index (χ3n) is 5.70. The van der Waals surface area contributed by atoms with Gasteiger partial charge in [0.15, 0.2) is 14.1 Å². The number of hydrogen-bond donors (Lipinski definition) is 0. The van der Waals surface area contributed by atoms with Gasteiger partial charge in [0.05, 0.1) is 6.10 Å². The zero-order chi connectivity index (χ0) is 14.9. The maximum absolute atomic E-state index is 11.9. The summed E-state index contributed by atoms with van der Waals surface area (Å²) in [7, 11) is -1.57. The van der Waals surface area contributed by atoms with Crippen LogP contribution < -0.4 is 0 Å². The first kappa shape index (κ1) is 14.5. The van der Waals surface area contributed by atoms with Crippen LogP contribution in [0.1, 0.15) is 40.0 Å². The van der Waals surface area contributed by atoms with E-state index in [0.717, 1.165) is 12.3 Å². The van der Waals surface area contributed by atoms with E-state index in [1.54, 1.807) is 0 Å². The third-order valence-corrected chi connectivity index (χ3v) is 6.66. The fraction of sp³-hybridized carbons (Fsp3) is 0.824. The van der Waals surface area contributed by atoms with Crippen molar-refractivity contribution in [1.82, 2.24) is 0 Å². The molecule has 0 aromatic carbocycles. The lowest BCUT2D eigenvalue weighted by molar-refractivity contribution is -0.116. The molecule has 0 spiro atoms. The number of hydrogen-bond acceptors (Lipinski definition) is 2. The molecule has 112 valence electrons. The first-order valence-corrected chi connectivity index (χ1v) is 11.4. The van der Waals surface area contributed by atoms with Crippen LogP contribution in [0.3, 0.4) is 0 Å². The Kier molecular flexibility index (Phi) is 2.95. The van der Waals surface area contributed by atoms with Gasteiger partial charge in [0, 0.05) is 11.8 Å². The highest BCUT2D eigenvalue weighted by atomic mass is 28.4. The zero-order valence-corrected chi connectivity index (χ0v) is 14.7. The Bertz CT molecular complexity index is 486. The molecule has 2 nitrogen and oxygen atoms in total. The first-order valence-electron chi connectivity index (χ1n) is 7.95. The Morgan fingerprint density at radius 3 is 2.50 bits per heavy atom. The topological polar surface area (TPSA) is 26.3 Å². The van der Waals surface area contributed by atoms with Gasteiger partial charge < -0.3 is 4.43 Å². The molecule has 0 heterocycles. The molecule has 0 radical (unpaired) electrons. The molecule has 0 aromatic rings. The highest BCUT2D eigenvalue weighted by Gasteiger charge is 2.62. The van der Waals surface area contributed by atoms with Gasteiger partial charge in [-0.25, -0.2) is 0 Å². The van der Waals surface area contributed by atoms with Crippen LogP contribution in [0.25, 0.3) is 0 Å². The normalized spacial score (nSPS) is 42.6. The second kappa shape index (κ2) is 4.07. The van der Waals surface area contributed by atoms with Crippen molar-refractivity contribution in [3.63, 3.8) is 0 Å². The van der Waals surface area contributed by atoms with Crippen LogP contribution in [-0.4, -0.2) is 20.2 Å². The van der Waals surface area contributed by atoms with E-state index < -0.39 is 8.32 Å². The molecule has 0 unspecified atom stereocenters. The van der Waals surface area contributed by atoms with E-state index in [4.69, 9.17) is 4.43 Å². The molecule has 0 aromatic heterocycles. The summed E-state index contributed by atoms with van der Waals surface area (Å²) < 4.78 is 6.64. The summed E-state index contributed by atoms with van der Waals surface area (Å²) in [6.45, 7) is 13.9. The van der Waals surface area contributed by atoms with Crippen LogP contribution in [-0.2, 0) is 9.22 Å². The largest absolute Gasteiger partial charge is 0.414 e. The maximum atomic E-state index is 11.9. The molecule has 4 atom stereocenters. The van der Waals surface area contributed by atoms with Crippen molar-refractivity contribution in [2.24, 2.45) is 22.7 Å². The van der Waals surface area contributed by atoms with Gasteiger partial charge in [0.25, 0.3) is 0 Å². The van der Waals surface area contributed by atoms with E-state index in [1.165, 1.54) is 12.0 Å². The quantitative estimate of drug-likeness (QED) is 0.714. The highest BCUT2D eigenvalue weighted by molar-refractivity contribution is 6.69. The van der Waals surface area contributed by atoms with Crippen LogP contribution in [0.2, 0.25) is 19.6 Å². The lowest BCUT2D eigenvalue weighted by atomic mass is 9.72. The monoisotopic (exact) mass is 292 g/mol. The number of carbonyl (C=O) groups is 1. The van der Waals surface area contributed by atoms with Gasteiger partial charge in [0.2, 0.25) is 0 Å². The van der Waals surface area contributed by atoms with Crippen molar-refractivity contribution in [3.05, 3.63) is 11.6 Å². The molecule has 0 N–H and O–H groups in total. The molecule has 0 aliphatic heterocycles. The second-order valence-electron chi connectivity index (χ2n) is 9.06. The Morgan fingerprint density at radius 1 is 1.25 bits per heavy atom. The Morgan fingerprint density at radius 2 is 1.90 bits per heavy atom. The van der Waals surface area contributed by atoms with Crippen molar-refractivity contribution in [3.8, 4) is 0 Å². The SMILES string of the molecule is CC1(C)C[C@@H]2CC3=CC(=O)C[C@@]3(C)[C@@H]2[C@H]1O[Si](C)(C)C. The smallest absolute Gasteiger partial charge is 0.184 e. The van der Waals surface area contributed by atoms with E-state index >= 15 is 0 Å². The van der Waals surface area contributed by atoms with Crippen LogP contribution in [0.4, 0.5) is 0 Å². The molecule has 2 saturated carbocycles. The van der Waals surface area contributed by atoms with E-state index in [-0.39, 0.29) is 10.8 Å². The molecule has 0 saturated heterocycles. The van der Waals surface area contributed by atoms with Gasteiger partial charge in [-0.2, -0.15) is 0 Å². The van der Waals surface area contributed by atoms with E-state index in [9.17, 15) is 4.79 Å². The second-order valence-corrected chi connectivity index (χ2v) is 13.5. The molecule has 0 bridgehead atoms. The van der Waals surface area contributed by atoms with Crippen molar-refractivity contribution in [2.45, 2.75) is 65.8 Å². The molecule has 3 rings (SSSR count). The van der Waals surface area contributed by atoms with Crippen molar-refractivity contribution in [1.29, 1.82) is 0 Å². The summed E-state index contributed by atoms with van der Waals surface area (Å²) in [4.78, 5) is 11.9. The van der Waals surface area contributed by atoms with Gasteiger partial charge >= 0.3 is 0 Å². The minimum absolute atomic E-state index is 0.0832. The summed E-state index contributed by atoms with van der Waals surface area (Å²) in [5, 5.41) is 0. The maximum Gasteiger partial charge on any atom is 0.184 e. The standard InChI is InChI=1S/C17H28O2Si/c1-16(2)9-11-7-12-8-13(18)10-17(12,3)14(11)15(16)19-20(4,5)6/h8,11,14-15H,7,9-10H2,1-6H3/t11-,14-,15+,17+/m0/s1. The molecule has 3 aliphatic rings. The average Bonchev–Trinajstić information content (AvgIpc) is 2.70. The summed E-state index contributed by atoms with van der Waals surface area (Å²) in [5.74, 6) is 1.59. The van der Waals surface area contributed by atoms with Crippen LogP contribution >= 0.6 is 0 Å². The number of ketones is 1.